The lowest BCUT2D eigenvalue weighted by Gasteiger charge is -2.34. The molecule has 0 aromatic carbocycles. The van der Waals surface area contributed by atoms with Gasteiger partial charge in [0.2, 0.25) is 5.91 Å². The largest absolute Gasteiger partial charge is 0.387 e. The Morgan fingerprint density at radius 3 is 2.50 bits per heavy atom. The Bertz CT molecular complexity index is 179. The van der Waals surface area contributed by atoms with Gasteiger partial charge in [0.05, 0.1) is 0 Å². The van der Waals surface area contributed by atoms with E-state index in [0.717, 1.165) is 25.9 Å². The fourth-order valence-corrected chi connectivity index (χ4v) is 2.27. The molecule has 0 saturated carbocycles. The zero-order valence-corrected chi connectivity index (χ0v) is 6.99. The number of aliphatic hydroxyl groups is 1. The summed E-state index contributed by atoms with van der Waals surface area (Å²) in [5.74, 6) is -0.107. The number of nitrogens with zero attached hydrogens (tertiary/aromatic N) is 1. The van der Waals surface area contributed by atoms with Crippen LogP contribution >= 0.6 is 0 Å². The van der Waals surface area contributed by atoms with Crippen molar-refractivity contribution in [2.45, 2.75) is 24.9 Å². The second kappa shape index (κ2) is 3.03. The number of carbonyl (C=O) groups excluding carboxylic acids is 1. The minimum absolute atomic E-state index is 0.107. The van der Waals surface area contributed by atoms with Gasteiger partial charge in [-0.2, -0.15) is 0 Å². The number of aliphatic hydroxyl groups excluding tert-OH is 1. The van der Waals surface area contributed by atoms with Gasteiger partial charge >= 0.3 is 0 Å². The van der Waals surface area contributed by atoms with Crippen LogP contribution in [-0.4, -0.2) is 47.7 Å². The Morgan fingerprint density at radius 1 is 1.42 bits per heavy atom. The molecule has 0 aromatic heterocycles. The Hall–Kier alpha value is -0.610. The summed E-state index contributed by atoms with van der Waals surface area (Å²) in [7, 11) is 0. The maximum Gasteiger partial charge on any atom is 0.248 e. The first-order chi connectivity index (χ1) is 5.83. The maximum atomic E-state index is 11.3. The number of hydrogen-bond donors (Lipinski definition) is 2. The molecule has 2 N–H and O–H groups in total. The average Bonchev–Trinajstić information content (AvgIpc) is 2.35. The summed E-state index contributed by atoms with van der Waals surface area (Å²) in [4.78, 5) is 13.1. The van der Waals surface area contributed by atoms with Crippen LogP contribution in [0.2, 0.25) is 0 Å². The molecule has 4 heteroatoms. The van der Waals surface area contributed by atoms with Gasteiger partial charge in [0.1, 0.15) is 6.61 Å². The van der Waals surface area contributed by atoms with Crippen molar-refractivity contribution in [3.05, 3.63) is 0 Å². The lowest BCUT2D eigenvalue weighted by molar-refractivity contribution is -0.138. The predicted octanol–water partition coefficient (Wildman–Crippen LogP) is -1.06. The molecule has 2 fully saturated rings. The Labute approximate surface area is 71.5 Å². The third kappa shape index (κ3) is 1.11. The second-order valence-electron chi connectivity index (χ2n) is 3.50. The zero-order valence-electron chi connectivity index (χ0n) is 6.99. The normalized spacial score (nSPS) is 33.9. The van der Waals surface area contributed by atoms with Crippen molar-refractivity contribution in [3.8, 4) is 0 Å². The topological polar surface area (TPSA) is 52.6 Å². The van der Waals surface area contributed by atoms with Gasteiger partial charge in [-0.1, -0.05) is 0 Å². The maximum absolute atomic E-state index is 11.3. The van der Waals surface area contributed by atoms with E-state index in [1.54, 1.807) is 0 Å². The standard InChI is InChI=1S/C8H14N2O2/c11-5-8(12)10-6-1-2-7(10)4-9-3-6/h6-7,9,11H,1-5H2. The molecule has 2 aliphatic rings. The molecule has 1 amide bonds. The molecular formula is C8H14N2O2. The highest BCUT2D eigenvalue weighted by Gasteiger charge is 2.38. The van der Waals surface area contributed by atoms with Crippen molar-refractivity contribution in [2.24, 2.45) is 0 Å². The summed E-state index contributed by atoms with van der Waals surface area (Å²) in [6.45, 7) is 1.44. The van der Waals surface area contributed by atoms with Crippen LogP contribution in [0.25, 0.3) is 0 Å². The molecule has 2 aliphatic heterocycles. The van der Waals surface area contributed by atoms with Crippen LogP contribution in [0.1, 0.15) is 12.8 Å². The van der Waals surface area contributed by atoms with Gasteiger partial charge in [-0.15, -0.1) is 0 Å². The molecular weight excluding hydrogens is 156 g/mol. The lowest BCUT2D eigenvalue weighted by atomic mass is 10.2. The van der Waals surface area contributed by atoms with Crippen LogP contribution in [-0.2, 0) is 4.79 Å². The molecule has 2 saturated heterocycles. The van der Waals surface area contributed by atoms with Crippen molar-refractivity contribution < 1.29 is 9.90 Å². The summed E-state index contributed by atoms with van der Waals surface area (Å²) >= 11 is 0. The first-order valence-corrected chi connectivity index (χ1v) is 4.45. The van der Waals surface area contributed by atoms with Gasteiger partial charge < -0.3 is 15.3 Å². The van der Waals surface area contributed by atoms with Gasteiger partial charge in [0.25, 0.3) is 0 Å². The van der Waals surface area contributed by atoms with Crippen LogP contribution in [0.4, 0.5) is 0 Å². The number of hydrogen-bond acceptors (Lipinski definition) is 3. The molecule has 2 heterocycles. The van der Waals surface area contributed by atoms with Crippen LogP contribution in [0.3, 0.4) is 0 Å². The molecule has 2 unspecified atom stereocenters. The Kier molecular flexibility index (Phi) is 2.02. The number of rotatable bonds is 1. The molecule has 2 bridgehead atoms. The van der Waals surface area contributed by atoms with Crippen LogP contribution in [0.5, 0.6) is 0 Å². The SMILES string of the molecule is O=C(CO)N1C2CCC1CNC2. The zero-order chi connectivity index (χ0) is 8.55. The summed E-state index contributed by atoms with van der Waals surface area (Å²) < 4.78 is 0. The van der Waals surface area contributed by atoms with E-state index >= 15 is 0 Å². The highest BCUT2D eigenvalue weighted by Crippen LogP contribution is 2.26. The molecule has 0 radical (unpaired) electrons. The van der Waals surface area contributed by atoms with E-state index in [0.29, 0.717) is 12.1 Å². The van der Waals surface area contributed by atoms with Crippen molar-refractivity contribution >= 4 is 5.91 Å². The Morgan fingerprint density at radius 2 is 2.00 bits per heavy atom. The number of fused-ring (bicyclic) bond motifs is 2. The van der Waals surface area contributed by atoms with Gasteiger partial charge in [-0.3, -0.25) is 4.79 Å². The molecule has 2 atom stereocenters. The van der Waals surface area contributed by atoms with Crippen LogP contribution in [0, 0.1) is 0 Å². The van der Waals surface area contributed by atoms with Crippen molar-refractivity contribution in [2.75, 3.05) is 19.7 Å². The van der Waals surface area contributed by atoms with E-state index in [1.165, 1.54) is 0 Å². The number of amides is 1. The van der Waals surface area contributed by atoms with E-state index in [2.05, 4.69) is 5.32 Å². The Balaban J connectivity index is 2.10. The molecule has 12 heavy (non-hydrogen) atoms. The molecule has 0 aromatic rings. The van der Waals surface area contributed by atoms with E-state index in [-0.39, 0.29) is 12.5 Å². The summed E-state index contributed by atoms with van der Waals surface area (Å²) in [5.41, 5.74) is 0. The summed E-state index contributed by atoms with van der Waals surface area (Å²) in [5, 5.41) is 12.0. The average molecular weight is 170 g/mol. The van der Waals surface area contributed by atoms with Crippen LogP contribution in [0.15, 0.2) is 0 Å². The van der Waals surface area contributed by atoms with E-state index < -0.39 is 0 Å². The first-order valence-electron chi connectivity index (χ1n) is 4.45. The predicted molar refractivity (Wildman–Crippen MR) is 43.6 cm³/mol. The minimum Gasteiger partial charge on any atom is -0.387 e. The third-order valence-corrected chi connectivity index (χ3v) is 2.80. The summed E-state index contributed by atoms with van der Waals surface area (Å²) in [6.07, 6.45) is 2.17. The van der Waals surface area contributed by atoms with E-state index in [9.17, 15) is 4.79 Å². The lowest BCUT2D eigenvalue weighted by Crippen LogP contribution is -2.54. The van der Waals surface area contributed by atoms with Gasteiger partial charge in [-0.25, -0.2) is 0 Å². The van der Waals surface area contributed by atoms with Crippen molar-refractivity contribution in [3.63, 3.8) is 0 Å². The number of piperazine rings is 1. The highest BCUT2D eigenvalue weighted by molar-refractivity contribution is 5.78. The third-order valence-electron chi connectivity index (χ3n) is 2.80. The quantitative estimate of drug-likeness (QED) is 0.527. The number of carbonyl (C=O) groups is 1. The monoisotopic (exact) mass is 170 g/mol. The van der Waals surface area contributed by atoms with Gasteiger partial charge in [0, 0.05) is 25.2 Å². The van der Waals surface area contributed by atoms with E-state index in [4.69, 9.17) is 5.11 Å². The van der Waals surface area contributed by atoms with E-state index in [1.807, 2.05) is 4.90 Å². The van der Waals surface area contributed by atoms with Crippen molar-refractivity contribution in [1.29, 1.82) is 0 Å². The summed E-state index contributed by atoms with van der Waals surface area (Å²) in [6, 6.07) is 0.673. The molecule has 4 nitrogen and oxygen atoms in total. The first kappa shape index (κ1) is 8.01. The van der Waals surface area contributed by atoms with Gasteiger partial charge in [0.15, 0.2) is 0 Å². The molecule has 68 valence electrons. The molecule has 2 rings (SSSR count). The fourth-order valence-electron chi connectivity index (χ4n) is 2.27. The molecule has 0 spiro atoms. The van der Waals surface area contributed by atoms with Crippen molar-refractivity contribution in [1.82, 2.24) is 10.2 Å². The van der Waals surface area contributed by atoms with Gasteiger partial charge in [-0.05, 0) is 12.8 Å². The smallest absolute Gasteiger partial charge is 0.248 e. The minimum atomic E-state index is -0.340. The number of nitrogens with one attached hydrogen (secondary N) is 1. The van der Waals surface area contributed by atoms with Crippen LogP contribution < -0.4 is 5.32 Å². The molecule has 0 aliphatic carbocycles. The highest BCUT2D eigenvalue weighted by atomic mass is 16.3. The fraction of sp³-hybridized carbons (Fsp3) is 0.875. The second-order valence-corrected chi connectivity index (χ2v) is 3.50.